The Kier molecular flexibility index (Phi) is 3.66. The highest BCUT2D eigenvalue weighted by atomic mass is 19.4. The highest BCUT2D eigenvalue weighted by Gasteiger charge is 2.30. The highest BCUT2D eigenvalue weighted by Crippen LogP contribution is 2.34. The zero-order chi connectivity index (χ0) is 14.8. The highest BCUT2D eigenvalue weighted by molar-refractivity contribution is 5.71. The topological polar surface area (TPSA) is 33.0 Å². The summed E-state index contributed by atoms with van der Waals surface area (Å²) in [5, 5.41) is 8.81. The molecule has 0 radical (unpaired) electrons. The van der Waals surface area contributed by atoms with Gasteiger partial charge in [-0.15, -0.1) is 0 Å². The lowest BCUT2D eigenvalue weighted by molar-refractivity contribution is -0.137. The van der Waals surface area contributed by atoms with Gasteiger partial charge in [-0.25, -0.2) is 0 Å². The Bertz CT molecular complexity index is 654. The smallest absolute Gasteiger partial charge is 0.416 e. The van der Waals surface area contributed by atoms with Gasteiger partial charge in [-0.05, 0) is 35.9 Å². The fraction of sp³-hybridized carbons (Fsp3) is 0.133. The second-order valence-electron chi connectivity index (χ2n) is 4.10. The molecule has 0 N–H and O–H groups in total. The standard InChI is InChI=1S/C15H10F3NO/c1-20-14-8-10(9-19)2-7-13(14)11-3-5-12(6-4-11)15(16,17)18/h2-8H,1H3. The van der Waals surface area contributed by atoms with Crippen molar-refractivity contribution < 1.29 is 17.9 Å². The maximum atomic E-state index is 12.5. The summed E-state index contributed by atoms with van der Waals surface area (Å²) < 4.78 is 42.7. The van der Waals surface area contributed by atoms with Crippen LogP contribution in [0.25, 0.3) is 11.1 Å². The second kappa shape index (κ2) is 5.25. The molecule has 0 atom stereocenters. The normalized spacial score (nSPS) is 10.9. The van der Waals surface area contributed by atoms with Gasteiger partial charge in [0.25, 0.3) is 0 Å². The minimum atomic E-state index is -4.35. The van der Waals surface area contributed by atoms with Crippen LogP contribution in [-0.4, -0.2) is 7.11 Å². The molecule has 2 nitrogen and oxygen atoms in total. The summed E-state index contributed by atoms with van der Waals surface area (Å²) >= 11 is 0. The molecule has 2 aromatic carbocycles. The van der Waals surface area contributed by atoms with Crippen LogP contribution in [0.3, 0.4) is 0 Å². The first-order valence-corrected chi connectivity index (χ1v) is 5.71. The third-order valence-corrected chi connectivity index (χ3v) is 2.85. The number of alkyl halides is 3. The summed E-state index contributed by atoms with van der Waals surface area (Å²) in [6, 6.07) is 11.6. The molecule has 0 aliphatic rings. The van der Waals surface area contributed by atoms with Crippen molar-refractivity contribution in [1.29, 1.82) is 5.26 Å². The van der Waals surface area contributed by atoms with Crippen molar-refractivity contribution >= 4 is 0 Å². The quantitative estimate of drug-likeness (QED) is 0.822. The van der Waals surface area contributed by atoms with E-state index in [-0.39, 0.29) is 0 Å². The molecule has 2 rings (SSSR count). The molecule has 0 aromatic heterocycles. The minimum absolute atomic E-state index is 0.428. The maximum absolute atomic E-state index is 12.5. The Hall–Kier alpha value is -2.48. The van der Waals surface area contributed by atoms with Crippen molar-refractivity contribution in [2.24, 2.45) is 0 Å². The molecule has 0 spiro atoms. The molecule has 2 aromatic rings. The van der Waals surface area contributed by atoms with Crippen LogP contribution in [0, 0.1) is 11.3 Å². The monoisotopic (exact) mass is 277 g/mol. The number of methoxy groups -OCH3 is 1. The molecule has 0 aliphatic heterocycles. The van der Waals surface area contributed by atoms with E-state index in [1.54, 1.807) is 18.2 Å². The van der Waals surface area contributed by atoms with Gasteiger partial charge in [-0.2, -0.15) is 18.4 Å². The molecular formula is C15H10F3NO. The van der Waals surface area contributed by atoms with Gasteiger partial charge in [-0.3, -0.25) is 0 Å². The summed E-state index contributed by atoms with van der Waals surface area (Å²) in [6.07, 6.45) is -4.35. The first kappa shape index (κ1) is 13.9. The van der Waals surface area contributed by atoms with Crippen LogP contribution >= 0.6 is 0 Å². The first-order chi connectivity index (χ1) is 9.45. The number of benzene rings is 2. The average Bonchev–Trinajstić information content (AvgIpc) is 2.45. The zero-order valence-corrected chi connectivity index (χ0v) is 10.5. The summed E-state index contributed by atoms with van der Waals surface area (Å²) in [4.78, 5) is 0. The van der Waals surface area contributed by atoms with E-state index >= 15 is 0 Å². The van der Waals surface area contributed by atoms with E-state index in [4.69, 9.17) is 10.00 Å². The largest absolute Gasteiger partial charge is 0.496 e. The third kappa shape index (κ3) is 2.75. The first-order valence-electron chi connectivity index (χ1n) is 5.71. The fourth-order valence-corrected chi connectivity index (χ4v) is 1.84. The summed E-state index contributed by atoms with van der Waals surface area (Å²) in [6.45, 7) is 0. The van der Waals surface area contributed by atoms with Crippen molar-refractivity contribution in [1.82, 2.24) is 0 Å². The van der Waals surface area contributed by atoms with Gasteiger partial charge in [0, 0.05) is 5.56 Å². The number of hydrogen-bond donors (Lipinski definition) is 0. The lowest BCUT2D eigenvalue weighted by atomic mass is 10.0. The maximum Gasteiger partial charge on any atom is 0.416 e. The predicted molar refractivity (Wildman–Crippen MR) is 68.1 cm³/mol. The summed E-state index contributed by atoms with van der Waals surface area (Å²) in [7, 11) is 1.45. The van der Waals surface area contributed by atoms with Gasteiger partial charge in [-0.1, -0.05) is 12.1 Å². The predicted octanol–water partition coefficient (Wildman–Crippen LogP) is 4.25. The van der Waals surface area contributed by atoms with E-state index in [1.807, 2.05) is 6.07 Å². The molecule has 0 heterocycles. The van der Waals surface area contributed by atoms with E-state index in [9.17, 15) is 13.2 Å². The molecule has 20 heavy (non-hydrogen) atoms. The van der Waals surface area contributed by atoms with E-state index in [0.29, 0.717) is 22.4 Å². The van der Waals surface area contributed by atoms with Gasteiger partial charge in [0.1, 0.15) is 5.75 Å². The molecule has 0 unspecified atom stereocenters. The Labute approximate surface area is 114 Å². The number of halogens is 3. The van der Waals surface area contributed by atoms with Crippen molar-refractivity contribution in [3.8, 4) is 22.9 Å². The van der Waals surface area contributed by atoms with Crippen molar-refractivity contribution in [3.63, 3.8) is 0 Å². The molecule has 102 valence electrons. The van der Waals surface area contributed by atoms with Crippen LogP contribution in [0.2, 0.25) is 0 Å². The number of nitrogens with zero attached hydrogens (tertiary/aromatic N) is 1. The lowest BCUT2D eigenvalue weighted by Crippen LogP contribution is -2.04. The van der Waals surface area contributed by atoms with Gasteiger partial charge >= 0.3 is 6.18 Å². The molecule has 5 heteroatoms. The van der Waals surface area contributed by atoms with Crippen molar-refractivity contribution in [2.75, 3.05) is 7.11 Å². The third-order valence-electron chi connectivity index (χ3n) is 2.85. The van der Waals surface area contributed by atoms with Crippen LogP contribution in [-0.2, 0) is 6.18 Å². The minimum Gasteiger partial charge on any atom is -0.496 e. The average molecular weight is 277 g/mol. The van der Waals surface area contributed by atoms with E-state index in [1.165, 1.54) is 19.2 Å². The van der Waals surface area contributed by atoms with Crippen LogP contribution in [0.5, 0.6) is 5.75 Å². The number of ether oxygens (including phenoxy) is 1. The summed E-state index contributed by atoms with van der Waals surface area (Å²) in [5.41, 5.74) is 0.964. The second-order valence-corrected chi connectivity index (χ2v) is 4.10. The summed E-state index contributed by atoms with van der Waals surface area (Å²) in [5.74, 6) is 0.448. The molecule has 0 bridgehead atoms. The Morgan fingerprint density at radius 2 is 1.70 bits per heavy atom. The SMILES string of the molecule is COc1cc(C#N)ccc1-c1ccc(C(F)(F)F)cc1. The van der Waals surface area contributed by atoms with Crippen LogP contribution in [0.4, 0.5) is 13.2 Å². The molecule has 0 aliphatic carbocycles. The molecule has 0 saturated carbocycles. The number of nitriles is 1. The van der Waals surface area contributed by atoms with Gasteiger partial charge in [0.05, 0.1) is 24.3 Å². The van der Waals surface area contributed by atoms with Crippen LogP contribution < -0.4 is 4.74 Å². The van der Waals surface area contributed by atoms with Crippen LogP contribution in [0.15, 0.2) is 42.5 Å². The molecule has 0 fully saturated rings. The van der Waals surface area contributed by atoms with E-state index in [2.05, 4.69) is 0 Å². The zero-order valence-electron chi connectivity index (χ0n) is 10.5. The lowest BCUT2D eigenvalue weighted by Gasteiger charge is -2.11. The van der Waals surface area contributed by atoms with Crippen molar-refractivity contribution in [2.45, 2.75) is 6.18 Å². The Balaban J connectivity index is 2.44. The van der Waals surface area contributed by atoms with Crippen LogP contribution in [0.1, 0.15) is 11.1 Å². The molecule has 0 saturated heterocycles. The fourth-order valence-electron chi connectivity index (χ4n) is 1.84. The van der Waals surface area contributed by atoms with E-state index in [0.717, 1.165) is 12.1 Å². The van der Waals surface area contributed by atoms with Gasteiger partial charge in [0.2, 0.25) is 0 Å². The van der Waals surface area contributed by atoms with E-state index < -0.39 is 11.7 Å². The molecular weight excluding hydrogens is 267 g/mol. The van der Waals surface area contributed by atoms with Crippen molar-refractivity contribution in [3.05, 3.63) is 53.6 Å². The Morgan fingerprint density at radius 3 is 2.20 bits per heavy atom. The number of hydrogen-bond acceptors (Lipinski definition) is 2. The van der Waals surface area contributed by atoms with Gasteiger partial charge < -0.3 is 4.74 Å². The van der Waals surface area contributed by atoms with Gasteiger partial charge in [0.15, 0.2) is 0 Å². The molecule has 0 amide bonds. The Morgan fingerprint density at radius 1 is 1.05 bits per heavy atom. The number of rotatable bonds is 2.